The van der Waals surface area contributed by atoms with Crippen molar-refractivity contribution >= 4 is 0 Å². The molecule has 1 aliphatic rings. The number of aliphatic hydroxyl groups excluding tert-OH is 1. The van der Waals surface area contributed by atoms with Crippen LogP contribution in [0.25, 0.3) is 0 Å². The summed E-state index contributed by atoms with van der Waals surface area (Å²) < 4.78 is 0. The second kappa shape index (κ2) is 3.23. The van der Waals surface area contributed by atoms with Crippen LogP contribution in [0.5, 0.6) is 0 Å². The highest BCUT2D eigenvalue weighted by molar-refractivity contribution is 4.97. The van der Waals surface area contributed by atoms with Gasteiger partial charge in [0.15, 0.2) is 0 Å². The van der Waals surface area contributed by atoms with Crippen molar-refractivity contribution in [2.75, 3.05) is 6.61 Å². The van der Waals surface area contributed by atoms with E-state index in [-0.39, 0.29) is 18.1 Å². The molecule has 77 valence electrons. The van der Waals surface area contributed by atoms with Crippen LogP contribution in [0, 0.1) is 5.92 Å². The molecule has 0 aromatic heterocycles. The van der Waals surface area contributed by atoms with Crippen LogP contribution in [-0.4, -0.2) is 27.9 Å². The van der Waals surface area contributed by atoms with Gasteiger partial charge in [0.25, 0.3) is 0 Å². The minimum atomic E-state index is -0.434. The number of hydrogen-bond donors (Lipinski definition) is 1. The minimum absolute atomic E-state index is 0.109. The Balaban J connectivity index is 2.85. The molecule has 0 aliphatic carbocycles. The highest BCUT2D eigenvalue weighted by atomic mass is 16.5. The predicted octanol–water partition coefficient (Wildman–Crippen LogP) is 1.59. The van der Waals surface area contributed by atoms with Gasteiger partial charge in [-0.3, -0.25) is 0 Å². The molecule has 1 radical (unpaired) electrons. The standard InChI is InChI=1S/C10H20NO2/c1-9(2)6-5-8(7-12)10(3,4)11(9)13/h8,12H,5-7H2,1-4H3. The van der Waals surface area contributed by atoms with Crippen LogP contribution in [0.1, 0.15) is 40.5 Å². The number of piperidine rings is 1. The monoisotopic (exact) mass is 186 g/mol. The van der Waals surface area contributed by atoms with Crippen LogP contribution in [0.2, 0.25) is 0 Å². The number of hydrogen-bond acceptors (Lipinski definition) is 2. The Morgan fingerprint density at radius 2 is 1.92 bits per heavy atom. The third-order valence-electron chi connectivity index (χ3n) is 3.40. The molecule has 1 unspecified atom stereocenters. The first-order valence-corrected chi connectivity index (χ1v) is 4.90. The molecule has 1 saturated heterocycles. The second-order valence-corrected chi connectivity index (χ2v) is 5.18. The number of aliphatic hydroxyl groups is 1. The van der Waals surface area contributed by atoms with Gasteiger partial charge in [-0.05, 0) is 40.5 Å². The Labute approximate surface area is 80.3 Å². The van der Waals surface area contributed by atoms with Gasteiger partial charge in [-0.2, -0.15) is 0 Å². The number of hydroxylamine groups is 2. The van der Waals surface area contributed by atoms with Gasteiger partial charge < -0.3 is 5.11 Å². The first-order valence-electron chi connectivity index (χ1n) is 4.90. The maximum Gasteiger partial charge on any atom is 0.0493 e. The number of rotatable bonds is 1. The largest absolute Gasteiger partial charge is 0.396 e. The Bertz CT molecular complexity index is 189. The van der Waals surface area contributed by atoms with Crippen molar-refractivity contribution in [2.24, 2.45) is 5.92 Å². The SMILES string of the molecule is CC1(C)CCC(CO)C(C)(C)N1[O]. The molecule has 1 heterocycles. The van der Waals surface area contributed by atoms with Gasteiger partial charge in [0.2, 0.25) is 0 Å². The highest BCUT2D eigenvalue weighted by Gasteiger charge is 2.47. The summed E-state index contributed by atoms with van der Waals surface area (Å²) in [5.74, 6) is 0.109. The van der Waals surface area contributed by atoms with Crippen molar-refractivity contribution in [1.29, 1.82) is 0 Å². The van der Waals surface area contributed by atoms with E-state index in [1.807, 2.05) is 27.7 Å². The molecule has 1 N–H and O–H groups in total. The Kier molecular flexibility index (Phi) is 2.72. The molecule has 1 atom stereocenters. The molecule has 1 rings (SSSR count). The lowest BCUT2D eigenvalue weighted by molar-refractivity contribution is -0.303. The predicted molar refractivity (Wildman–Crippen MR) is 50.5 cm³/mol. The first-order chi connectivity index (χ1) is 5.82. The Hall–Kier alpha value is -0.120. The lowest BCUT2D eigenvalue weighted by Gasteiger charge is -2.50. The van der Waals surface area contributed by atoms with E-state index in [4.69, 9.17) is 5.11 Å². The van der Waals surface area contributed by atoms with Gasteiger partial charge in [0, 0.05) is 23.6 Å². The van der Waals surface area contributed by atoms with E-state index in [0.29, 0.717) is 0 Å². The Morgan fingerprint density at radius 3 is 2.38 bits per heavy atom. The zero-order valence-electron chi connectivity index (χ0n) is 9.00. The molecule has 3 heteroatoms. The molecule has 3 nitrogen and oxygen atoms in total. The van der Waals surface area contributed by atoms with Gasteiger partial charge in [-0.1, -0.05) is 0 Å². The quantitative estimate of drug-likeness (QED) is 0.676. The van der Waals surface area contributed by atoms with Crippen molar-refractivity contribution in [2.45, 2.75) is 51.6 Å². The summed E-state index contributed by atoms with van der Waals surface area (Å²) in [7, 11) is 0. The highest BCUT2D eigenvalue weighted by Crippen LogP contribution is 2.40. The smallest absolute Gasteiger partial charge is 0.0493 e. The normalized spacial score (nSPS) is 33.2. The average molecular weight is 186 g/mol. The van der Waals surface area contributed by atoms with Crippen molar-refractivity contribution in [3.63, 3.8) is 0 Å². The lowest BCUT2D eigenvalue weighted by Crippen LogP contribution is -2.60. The molecule has 1 fully saturated rings. The van der Waals surface area contributed by atoms with Gasteiger partial charge in [-0.25, -0.2) is 0 Å². The second-order valence-electron chi connectivity index (χ2n) is 5.18. The van der Waals surface area contributed by atoms with Crippen molar-refractivity contribution in [3.05, 3.63) is 0 Å². The van der Waals surface area contributed by atoms with E-state index >= 15 is 0 Å². The molecule has 0 amide bonds. The van der Waals surface area contributed by atoms with Gasteiger partial charge >= 0.3 is 0 Å². The van der Waals surface area contributed by atoms with Crippen LogP contribution >= 0.6 is 0 Å². The third-order valence-corrected chi connectivity index (χ3v) is 3.40. The van der Waals surface area contributed by atoms with E-state index < -0.39 is 5.54 Å². The number of nitrogens with zero attached hydrogens (tertiary/aromatic N) is 1. The zero-order valence-corrected chi connectivity index (χ0v) is 9.00. The molecule has 1 aliphatic heterocycles. The maximum absolute atomic E-state index is 11.9. The van der Waals surface area contributed by atoms with Gasteiger partial charge in [0.05, 0.1) is 0 Å². The van der Waals surface area contributed by atoms with Crippen LogP contribution < -0.4 is 0 Å². The van der Waals surface area contributed by atoms with Crippen molar-refractivity contribution < 1.29 is 10.3 Å². The van der Waals surface area contributed by atoms with Crippen LogP contribution in [0.4, 0.5) is 0 Å². The molecule has 0 aromatic rings. The molecule has 0 spiro atoms. The summed E-state index contributed by atoms with van der Waals surface area (Å²) in [4.78, 5) is 0. The summed E-state index contributed by atoms with van der Waals surface area (Å²) in [5.41, 5.74) is -0.717. The minimum Gasteiger partial charge on any atom is -0.396 e. The van der Waals surface area contributed by atoms with E-state index in [0.717, 1.165) is 17.9 Å². The van der Waals surface area contributed by atoms with Gasteiger partial charge in [0.1, 0.15) is 0 Å². The fourth-order valence-corrected chi connectivity index (χ4v) is 2.24. The topological polar surface area (TPSA) is 43.4 Å². The van der Waals surface area contributed by atoms with Crippen molar-refractivity contribution in [1.82, 2.24) is 5.06 Å². The molecule has 0 saturated carbocycles. The summed E-state index contributed by atoms with van der Waals surface area (Å²) in [6, 6.07) is 0. The van der Waals surface area contributed by atoms with Crippen LogP contribution in [0.3, 0.4) is 0 Å². The van der Waals surface area contributed by atoms with E-state index in [1.165, 1.54) is 0 Å². The fourth-order valence-electron chi connectivity index (χ4n) is 2.24. The summed E-state index contributed by atoms with van der Waals surface area (Å²) in [6.45, 7) is 7.89. The van der Waals surface area contributed by atoms with E-state index in [1.54, 1.807) is 0 Å². The van der Waals surface area contributed by atoms with E-state index in [9.17, 15) is 5.21 Å². The van der Waals surface area contributed by atoms with Crippen LogP contribution in [0.15, 0.2) is 0 Å². The van der Waals surface area contributed by atoms with Crippen LogP contribution in [-0.2, 0) is 5.21 Å². The van der Waals surface area contributed by atoms with Crippen molar-refractivity contribution in [3.8, 4) is 0 Å². The average Bonchev–Trinajstić information content (AvgIpc) is 2.01. The molecule has 0 aromatic carbocycles. The maximum atomic E-state index is 11.9. The fraction of sp³-hybridized carbons (Fsp3) is 1.00. The molecule has 0 bridgehead atoms. The Morgan fingerprint density at radius 1 is 1.38 bits per heavy atom. The molecule has 13 heavy (non-hydrogen) atoms. The molecular weight excluding hydrogens is 166 g/mol. The first kappa shape index (κ1) is 11.0. The van der Waals surface area contributed by atoms with Gasteiger partial charge in [-0.15, -0.1) is 10.3 Å². The summed E-state index contributed by atoms with van der Waals surface area (Å²) >= 11 is 0. The summed E-state index contributed by atoms with van der Waals surface area (Å²) in [6.07, 6.45) is 1.81. The lowest BCUT2D eigenvalue weighted by atomic mass is 9.74. The third kappa shape index (κ3) is 1.73. The van der Waals surface area contributed by atoms with E-state index in [2.05, 4.69) is 0 Å². The zero-order chi connectivity index (χ0) is 10.3. The summed E-state index contributed by atoms with van der Waals surface area (Å²) in [5, 5.41) is 22.2. The molecular formula is C10H20NO2.